The van der Waals surface area contributed by atoms with Gasteiger partial charge in [-0.15, -0.1) is 0 Å². The highest BCUT2D eigenvalue weighted by Gasteiger charge is 2.21. The van der Waals surface area contributed by atoms with Crippen molar-refractivity contribution in [3.8, 4) is 0 Å². The quantitative estimate of drug-likeness (QED) is 0.772. The van der Waals surface area contributed by atoms with Gasteiger partial charge in [0.2, 0.25) is 5.91 Å². The molecule has 0 aromatic heterocycles. The van der Waals surface area contributed by atoms with Gasteiger partial charge < -0.3 is 16.4 Å². The summed E-state index contributed by atoms with van der Waals surface area (Å²) in [4.78, 5) is 23.7. The third-order valence-electron chi connectivity index (χ3n) is 4.37. The smallest absolute Gasteiger partial charge is 0.251 e. The predicted molar refractivity (Wildman–Crippen MR) is 81.1 cm³/mol. The summed E-state index contributed by atoms with van der Waals surface area (Å²) in [5, 5.41) is 5.90. The molecular formula is C16H21N3O2. The van der Waals surface area contributed by atoms with Gasteiger partial charge >= 0.3 is 0 Å². The molecule has 1 aliphatic heterocycles. The molecule has 5 heteroatoms. The van der Waals surface area contributed by atoms with Crippen molar-refractivity contribution in [2.24, 2.45) is 5.73 Å². The molecule has 2 aliphatic rings. The fourth-order valence-corrected chi connectivity index (χ4v) is 3.05. The number of hydrogen-bond acceptors (Lipinski definition) is 3. The van der Waals surface area contributed by atoms with Crippen LogP contribution in [-0.4, -0.2) is 23.9 Å². The molecule has 0 atom stereocenters. The fourth-order valence-electron chi connectivity index (χ4n) is 3.05. The van der Waals surface area contributed by atoms with Gasteiger partial charge in [0.05, 0.1) is 0 Å². The molecule has 21 heavy (non-hydrogen) atoms. The highest BCUT2D eigenvalue weighted by atomic mass is 16.2. The normalized spacial score (nSPS) is 24.9. The molecule has 5 nitrogen and oxygen atoms in total. The van der Waals surface area contributed by atoms with Crippen LogP contribution in [-0.2, 0) is 11.2 Å². The van der Waals surface area contributed by atoms with Crippen LogP contribution in [0.1, 0.15) is 48.0 Å². The van der Waals surface area contributed by atoms with E-state index in [1.54, 1.807) is 6.07 Å². The fraction of sp³-hybridized carbons (Fsp3) is 0.500. The van der Waals surface area contributed by atoms with E-state index in [1.807, 2.05) is 12.1 Å². The summed E-state index contributed by atoms with van der Waals surface area (Å²) in [5.41, 5.74) is 8.34. The van der Waals surface area contributed by atoms with Crippen LogP contribution >= 0.6 is 0 Å². The van der Waals surface area contributed by atoms with E-state index >= 15 is 0 Å². The van der Waals surface area contributed by atoms with Gasteiger partial charge in [-0.2, -0.15) is 0 Å². The number of rotatable bonds is 2. The molecule has 1 saturated carbocycles. The number of carbonyl (C=O) groups excluding carboxylic acids is 2. The monoisotopic (exact) mass is 287 g/mol. The highest BCUT2D eigenvalue weighted by molar-refractivity contribution is 5.99. The predicted octanol–water partition coefficient (Wildman–Crippen LogP) is 1.57. The summed E-state index contributed by atoms with van der Waals surface area (Å²) in [5.74, 6) is -0.0561. The van der Waals surface area contributed by atoms with Crippen molar-refractivity contribution < 1.29 is 9.59 Å². The molecule has 0 saturated heterocycles. The third kappa shape index (κ3) is 3.24. The standard InChI is InChI=1S/C16H21N3O2/c17-12-4-6-13(7-5-12)18-16(21)11-2-1-10-3-8-15(20)19-14(10)9-11/h1-2,9,12-13H,3-8,17H2,(H,18,21)(H,19,20). The van der Waals surface area contributed by atoms with Gasteiger partial charge in [0.25, 0.3) is 5.91 Å². The van der Waals surface area contributed by atoms with Crippen LogP contribution in [0.15, 0.2) is 18.2 Å². The van der Waals surface area contributed by atoms with Crippen LogP contribution in [0.5, 0.6) is 0 Å². The molecule has 1 aliphatic carbocycles. The first-order valence-electron chi connectivity index (χ1n) is 7.61. The lowest BCUT2D eigenvalue weighted by Crippen LogP contribution is -2.40. The summed E-state index contributed by atoms with van der Waals surface area (Å²) in [6.45, 7) is 0. The van der Waals surface area contributed by atoms with Gasteiger partial charge in [-0.1, -0.05) is 6.07 Å². The van der Waals surface area contributed by atoms with Crippen molar-refractivity contribution >= 4 is 17.5 Å². The number of fused-ring (bicyclic) bond motifs is 1. The molecular weight excluding hydrogens is 266 g/mol. The van der Waals surface area contributed by atoms with Crippen LogP contribution < -0.4 is 16.4 Å². The van der Waals surface area contributed by atoms with Gasteiger partial charge in [0.15, 0.2) is 0 Å². The van der Waals surface area contributed by atoms with Crippen LogP contribution in [0.4, 0.5) is 5.69 Å². The van der Waals surface area contributed by atoms with Crippen molar-refractivity contribution in [1.29, 1.82) is 0 Å². The SMILES string of the molecule is NC1CCC(NC(=O)c2ccc3c(c2)NC(=O)CC3)CC1. The van der Waals surface area contributed by atoms with Gasteiger partial charge in [0, 0.05) is 29.8 Å². The van der Waals surface area contributed by atoms with Crippen LogP contribution in [0.25, 0.3) is 0 Å². The topological polar surface area (TPSA) is 84.2 Å². The number of nitrogens with two attached hydrogens (primary N) is 1. The minimum atomic E-state index is -0.0712. The first-order valence-corrected chi connectivity index (χ1v) is 7.61. The Labute approximate surface area is 124 Å². The second-order valence-electron chi connectivity index (χ2n) is 6.01. The Morgan fingerprint density at radius 2 is 1.95 bits per heavy atom. The van der Waals surface area contributed by atoms with Crippen molar-refractivity contribution in [1.82, 2.24) is 5.32 Å². The average Bonchev–Trinajstić information content (AvgIpc) is 2.48. The first-order chi connectivity index (χ1) is 10.1. The van der Waals surface area contributed by atoms with E-state index in [-0.39, 0.29) is 23.9 Å². The van der Waals surface area contributed by atoms with E-state index in [2.05, 4.69) is 10.6 Å². The average molecular weight is 287 g/mol. The number of carbonyl (C=O) groups is 2. The summed E-state index contributed by atoms with van der Waals surface area (Å²) >= 11 is 0. The number of anilines is 1. The number of aryl methyl sites for hydroxylation is 1. The summed E-state index contributed by atoms with van der Waals surface area (Å²) in [7, 11) is 0. The number of benzene rings is 1. The molecule has 0 bridgehead atoms. The molecule has 2 amide bonds. The Bertz CT molecular complexity index is 563. The Morgan fingerprint density at radius 1 is 1.19 bits per heavy atom. The number of amides is 2. The van der Waals surface area contributed by atoms with Crippen molar-refractivity contribution in [2.45, 2.75) is 50.6 Å². The third-order valence-corrected chi connectivity index (χ3v) is 4.37. The van der Waals surface area contributed by atoms with Gasteiger partial charge in [-0.3, -0.25) is 9.59 Å². The highest BCUT2D eigenvalue weighted by Crippen LogP contribution is 2.24. The maximum atomic E-state index is 12.3. The molecule has 112 valence electrons. The molecule has 1 fully saturated rings. The lowest BCUT2D eigenvalue weighted by Gasteiger charge is -2.27. The summed E-state index contributed by atoms with van der Waals surface area (Å²) < 4.78 is 0. The second-order valence-corrected chi connectivity index (χ2v) is 6.01. The Balaban J connectivity index is 1.67. The lowest BCUT2D eigenvalue weighted by molar-refractivity contribution is -0.116. The van der Waals surface area contributed by atoms with E-state index in [1.165, 1.54) is 0 Å². The zero-order chi connectivity index (χ0) is 14.8. The Kier molecular flexibility index (Phi) is 3.92. The van der Waals surface area contributed by atoms with Gasteiger partial charge in [-0.05, 0) is 49.8 Å². The molecule has 3 rings (SSSR count). The number of nitrogens with one attached hydrogen (secondary N) is 2. The van der Waals surface area contributed by atoms with E-state index in [0.29, 0.717) is 12.0 Å². The maximum Gasteiger partial charge on any atom is 0.251 e. The van der Waals surface area contributed by atoms with Crippen LogP contribution in [0.3, 0.4) is 0 Å². The minimum Gasteiger partial charge on any atom is -0.349 e. The molecule has 4 N–H and O–H groups in total. The zero-order valence-electron chi connectivity index (χ0n) is 12.0. The Hall–Kier alpha value is -1.88. The summed E-state index contributed by atoms with van der Waals surface area (Å²) in [6, 6.07) is 6.02. The van der Waals surface area contributed by atoms with Crippen molar-refractivity contribution in [3.05, 3.63) is 29.3 Å². The van der Waals surface area contributed by atoms with Crippen molar-refractivity contribution in [2.75, 3.05) is 5.32 Å². The van der Waals surface area contributed by atoms with E-state index in [0.717, 1.165) is 43.4 Å². The van der Waals surface area contributed by atoms with Gasteiger partial charge in [-0.25, -0.2) is 0 Å². The van der Waals surface area contributed by atoms with E-state index in [9.17, 15) is 9.59 Å². The van der Waals surface area contributed by atoms with E-state index in [4.69, 9.17) is 5.73 Å². The second kappa shape index (κ2) is 5.85. The van der Waals surface area contributed by atoms with E-state index < -0.39 is 0 Å². The van der Waals surface area contributed by atoms with Crippen molar-refractivity contribution in [3.63, 3.8) is 0 Å². The summed E-state index contributed by atoms with van der Waals surface area (Å²) in [6.07, 6.45) is 5.06. The largest absolute Gasteiger partial charge is 0.349 e. The molecule has 1 aromatic rings. The molecule has 1 aromatic carbocycles. The minimum absolute atomic E-state index is 0.0151. The first kappa shape index (κ1) is 14.1. The number of hydrogen-bond donors (Lipinski definition) is 3. The van der Waals surface area contributed by atoms with Crippen LogP contribution in [0.2, 0.25) is 0 Å². The zero-order valence-corrected chi connectivity index (χ0v) is 12.0. The molecule has 0 unspecified atom stereocenters. The van der Waals surface area contributed by atoms with Gasteiger partial charge in [0.1, 0.15) is 0 Å². The Morgan fingerprint density at radius 3 is 2.71 bits per heavy atom. The maximum absolute atomic E-state index is 12.3. The van der Waals surface area contributed by atoms with Crippen LogP contribution in [0, 0.1) is 0 Å². The lowest BCUT2D eigenvalue weighted by atomic mass is 9.91. The molecule has 1 heterocycles. The molecule has 0 radical (unpaired) electrons. The molecule has 0 spiro atoms.